The van der Waals surface area contributed by atoms with Crippen molar-refractivity contribution in [2.75, 3.05) is 26.4 Å². The van der Waals surface area contributed by atoms with E-state index in [4.69, 9.17) is 5.26 Å². The zero-order valence-corrected chi connectivity index (χ0v) is 17.7. The maximum Gasteiger partial charge on any atom is 0.272 e. The minimum Gasteiger partial charge on any atom is -0.316 e. The summed E-state index contributed by atoms with van der Waals surface area (Å²) >= 11 is 3.35. The highest BCUT2D eigenvalue weighted by atomic mass is 32.2. The fourth-order valence-corrected chi connectivity index (χ4v) is 4.80. The van der Waals surface area contributed by atoms with Crippen molar-refractivity contribution >= 4 is 35.3 Å². The van der Waals surface area contributed by atoms with Crippen molar-refractivity contribution in [1.29, 1.82) is 5.26 Å². The summed E-state index contributed by atoms with van der Waals surface area (Å²) in [4.78, 5) is 33.1. The van der Waals surface area contributed by atoms with E-state index < -0.39 is 5.56 Å². The predicted molar refractivity (Wildman–Crippen MR) is 119 cm³/mol. The molecule has 0 atom stereocenters. The van der Waals surface area contributed by atoms with Crippen LogP contribution in [0, 0.1) is 11.3 Å². The van der Waals surface area contributed by atoms with Gasteiger partial charge in [-0.1, -0.05) is 12.1 Å². The second-order valence-corrected chi connectivity index (χ2v) is 9.08. The normalized spacial score (nSPS) is 12.5. The maximum atomic E-state index is 12.4. The Balaban J connectivity index is 1.89. The van der Waals surface area contributed by atoms with Gasteiger partial charge >= 0.3 is 0 Å². The number of nitriles is 1. The second kappa shape index (κ2) is 9.56. The Kier molecular flexibility index (Phi) is 6.88. The Hall–Kier alpha value is -2.86. The standard InChI is InChI=1S/C21H20N4O2S2/c1-25(2)8-9-28-19-7-6-16(29-19)12-18-21(27)23-17(20(26)24-18)11-14-4-3-5-15(10-14)13-22/h3-7,10-12H,8-9H2,1-2H3,(H,23,27)(H,24,26)/b17-11-,18-12-. The van der Waals surface area contributed by atoms with Crippen molar-refractivity contribution in [1.82, 2.24) is 14.9 Å². The predicted octanol–water partition coefficient (Wildman–Crippen LogP) is 1.31. The molecule has 0 saturated heterocycles. The molecule has 148 valence electrons. The molecule has 0 unspecified atom stereocenters. The molecule has 0 bridgehead atoms. The van der Waals surface area contributed by atoms with E-state index in [0.717, 1.165) is 17.2 Å². The summed E-state index contributed by atoms with van der Waals surface area (Å²) in [6.07, 6.45) is 3.23. The molecule has 2 aromatic heterocycles. The number of aromatic nitrogens is 2. The van der Waals surface area contributed by atoms with Gasteiger partial charge in [0.25, 0.3) is 11.1 Å². The molecule has 1 aromatic carbocycles. The van der Waals surface area contributed by atoms with E-state index in [1.165, 1.54) is 4.21 Å². The zero-order valence-electron chi connectivity index (χ0n) is 16.1. The SMILES string of the molecule is CN(C)CCSc1ccc(/C=c2\[nH]c(=O)/c(=C/c3cccc(C#N)c3)[nH]c2=O)s1. The number of nitrogens with one attached hydrogen (secondary N) is 2. The number of thiophene rings is 1. The van der Waals surface area contributed by atoms with Crippen molar-refractivity contribution in [3.05, 3.63) is 83.8 Å². The van der Waals surface area contributed by atoms with Gasteiger partial charge in [0, 0.05) is 17.2 Å². The van der Waals surface area contributed by atoms with Crippen LogP contribution in [-0.2, 0) is 0 Å². The molecule has 0 aliphatic carbocycles. The van der Waals surface area contributed by atoms with Gasteiger partial charge in [-0.25, -0.2) is 0 Å². The van der Waals surface area contributed by atoms with Crippen molar-refractivity contribution in [3.8, 4) is 6.07 Å². The van der Waals surface area contributed by atoms with Crippen LogP contribution in [0.1, 0.15) is 16.0 Å². The van der Waals surface area contributed by atoms with Gasteiger partial charge in [0.1, 0.15) is 10.7 Å². The maximum absolute atomic E-state index is 12.4. The van der Waals surface area contributed by atoms with Gasteiger partial charge in [0.05, 0.1) is 15.8 Å². The third kappa shape index (κ3) is 5.81. The average Bonchev–Trinajstić information content (AvgIpc) is 3.13. The van der Waals surface area contributed by atoms with E-state index in [1.807, 2.05) is 32.3 Å². The number of nitrogens with zero attached hydrogens (tertiary/aromatic N) is 2. The summed E-state index contributed by atoms with van der Waals surface area (Å²) in [5, 5.41) is 9.34. The molecular formula is C21H20N4O2S2. The third-order valence-electron chi connectivity index (χ3n) is 3.98. The van der Waals surface area contributed by atoms with Crippen molar-refractivity contribution in [3.63, 3.8) is 0 Å². The molecule has 0 radical (unpaired) electrons. The fourth-order valence-electron chi connectivity index (χ4n) is 2.52. The Morgan fingerprint density at radius 3 is 2.52 bits per heavy atom. The van der Waals surface area contributed by atoms with Crippen LogP contribution in [-0.4, -0.2) is 41.3 Å². The molecule has 8 heteroatoms. The number of thioether (sulfide) groups is 1. The highest BCUT2D eigenvalue weighted by Crippen LogP contribution is 2.27. The van der Waals surface area contributed by atoms with E-state index in [9.17, 15) is 9.59 Å². The molecule has 0 saturated carbocycles. The molecule has 0 aliphatic rings. The molecule has 6 nitrogen and oxygen atoms in total. The van der Waals surface area contributed by atoms with Gasteiger partial charge in [-0.15, -0.1) is 23.1 Å². The Labute approximate surface area is 175 Å². The Bertz CT molecular complexity index is 1280. The summed E-state index contributed by atoms with van der Waals surface area (Å²) in [6, 6.07) is 12.8. The lowest BCUT2D eigenvalue weighted by atomic mass is 10.1. The van der Waals surface area contributed by atoms with Gasteiger partial charge in [-0.3, -0.25) is 9.59 Å². The molecule has 29 heavy (non-hydrogen) atoms. The third-order valence-corrected chi connectivity index (χ3v) is 6.22. The van der Waals surface area contributed by atoms with E-state index in [0.29, 0.717) is 11.1 Å². The van der Waals surface area contributed by atoms with Gasteiger partial charge < -0.3 is 14.9 Å². The average molecular weight is 425 g/mol. The monoisotopic (exact) mass is 424 g/mol. The molecule has 3 rings (SSSR count). The first kappa shape index (κ1) is 20.9. The van der Waals surface area contributed by atoms with Crippen LogP contribution in [0.4, 0.5) is 0 Å². The topological polar surface area (TPSA) is 92.8 Å². The van der Waals surface area contributed by atoms with Crippen molar-refractivity contribution in [2.24, 2.45) is 0 Å². The highest BCUT2D eigenvalue weighted by Gasteiger charge is 2.02. The van der Waals surface area contributed by atoms with Crippen LogP contribution in [0.2, 0.25) is 0 Å². The van der Waals surface area contributed by atoms with Crippen LogP contribution in [0.25, 0.3) is 12.2 Å². The van der Waals surface area contributed by atoms with E-state index in [1.54, 1.807) is 59.5 Å². The quantitative estimate of drug-likeness (QED) is 0.582. The largest absolute Gasteiger partial charge is 0.316 e. The number of hydrogen-bond acceptors (Lipinski definition) is 6. The van der Waals surface area contributed by atoms with Crippen LogP contribution < -0.4 is 21.8 Å². The fraction of sp³-hybridized carbons (Fsp3) is 0.190. The van der Waals surface area contributed by atoms with Gasteiger partial charge in [-0.2, -0.15) is 5.26 Å². The van der Waals surface area contributed by atoms with Gasteiger partial charge in [-0.05, 0) is 56.1 Å². The molecule has 0 aliphatic heterocycles. The van der Waals surface area contributed by atoms with Crippen LogP contribution in [0.3, 0.4) is 0 Å². The molecule has 2 N–H and O–H groups in total. The van der Waals surface area contributed by atoms with Crippen molar-refractivity contribution in [2.45, 2.75) is 4.21 Å². The molecule has 2 heterocycles. The summed E-state index contributed by atoms with van der Waals surface area (Å²) in [6.45, 7) is 0.990. The van der Waals surface area contributed by atoms with Crippen molar-refractivity contribution < 1.29 is 0 Å². The van der Waals surface area contributed by atoms with Gasteiger partial charge in [0.15, 0.2) is 0 Å². The number of hydrogen-bond donors (Lipinski definition) is 2. The zero-order chi connectivity index (χ0) is 20.8. The number of H-pyrrole nitrogens is 2. The van der Waals surface area contributed by atoms with E-state index in [2.05, 4.69) is 14.9 Å². The van der Waals surface area contributed by atoms with Gasteiger partial charge in [0.2, 0.25) is 0 Å². The van der Waals surface area contributed by atoms with Crippen LogP contribution in [0.15, 0.2) is 50.2 Å². The number of aromatic amines is 2. The molecular weight excluding hydrogens is 404 g/mol. The smallest absolute Gasteiger partial charge is 0.272 e. The minimum atomic E-state index is -0.393. The number of benzene rings is 1. The van der Waals surface area contributed by atoms with E-state index >= 15 is 0 Å². The highest BCUT2D eigenvalue weighted by molar-refractivity contribution is 8.01. The summed E-state index contributed by atoms with van der Waals surface area (Å²) in [5.41, 5.74) is 0.386. The summed E-state index contributed by atoms with van der Waals surface area (Å²) < 4.78 is 1.17. The summed E-state index contributed by atoms with van der Waals surface area (Å²) in [5.74, 6) is 0.988. The lowest BCUT2D eigenvalue weighted by Gasteiger charge is -2.07. The number of rotatable bonds is 6. The molecule has 0 amide bonds. The Morgan fingerprint density at radius 1 is 1.10 bits per heavy atom. The molecule has 3 aromatic rings. The van der Waals surface area contributed by atoms with Crippen LogP contribution in [0.5, 0.6) is 0 Å². The van der Waals surface area contributed by atoms with E-state index in [-0.39, 0.29) is 16.3 Å². The Morgan fingerprint density at radius 2 is 1.83 bits per heavy atom. The second-order valence-electron chi connectivity index (χ2n) is 6.57. The first-order valence-corrected chi connectivity index (χ1v) is 10.7. The van der Waals surface area contributed by atoms with Crippen LogP contribution >= 0.6 is 23.1 Å². The summed E-state index contributed by atoms with van der Waals surface area (Å²) in [7, 11) is 4.08. The first-order chi connectivity index (χ1) is 13.9. The first-order valence-electron chi connectivity index (χ1n) is 8.88. The lowest BCUT2D eigenvalue weighted by Crippen LogP contribution is -2.46. The molecule has 0 spiro atoms. The lowest BCUT2D eigenvalue weighted by molar-refractivity contribution is 0.437. The molecule has 0 fully saturated rings. The minimum absolute atomic E-state index is 0.147.